The van der Waals surface area contributed by atoms with Crippen molar-refractivity contribution in [1.82, 2.24) is 5.32 Å². The van der Waals surface area contributed by atoms with Gasteiger partial charge in [0.15, 0.2) is 0 Å². The van der Waals surface area contributed by atoms with Crippen LogP contribution < -0.4 is 5.32 Å². The summed E-state index contributed by atoms with van der Waals surface area (Å²) in [6.45, 7) is 4.03. The van der Waals surface area contributed by atoms with Crippen LogP contribution in [-0.2, 0) is 0 Å². The SMILES string of the molecule is CC(C)C(NC(=O)c1cc(Cl)ccc1F)c1cccs1. The van der Waals surface area contributed by atoms with Crippen molar-refractivity contribution >= 4 is 28.8 Å². The molecule has 0 saturated carbocycles. The molecule has 1 unspecified atom stereocenters. The van der Waals surface area contributed by atoms with Crippen LogP contribution in [0.5, 0.6) is 0 Å². The third-order valence-corrected chi connectivity index (χ3v) is 4.17. The maximum Gasteiger partial charge on any atom is 0.254 e. The molecule has 0 bridgehead atoms. The Labute approximate surface area is 126 Å². The molecule has 1 aromatic heterocycles. The maximum atomic E-state index is 13.7. The summed E-state index contributed by atoms with van der Waals surface area (Å²) in [7, 11) is 0. The first-order valence-corrected chi connectivity index (χ1v) is 7.54. The van der Waals surface area contributed by atoms with Crippen LogP contribution in [0.25, 0.3) is 0 Å². The molecule has 0 spiro atoms. The van der Waals surface area contributed by atoms with Crippen molar-refractivity contribution in [3.05, 3.63) is 57.0 Å². The van der Waals surface area contributed by atoms with E-state index >= 15 is 0 Å². The molecule has 0 aliphatic rings. The fourth-order valence-electron chi connectivity index (χ4n) is 1.93. The molecule has 106 valence electrons. The van der Waals surface area contributed by atoms with Crippen molar-refractivity contribution in [1.29, 1.82) is 0 Å². The second-order valence-electron chi connectivity index (χ2n) is 4.83. The minimum absolute atomic E-state index is 0.0280. The van der Waals surface area contributed by atoms with Crippen LogP contribution in [0, 0.1) is 11.7 Å². The smallest absolute Gasteiger partial charge is 0.254 e. The highest BCUT2D eigenvalue weighted by molar-refractivity contribution is 7.10. The first kappa shape index (κ1) is 15.0. The molecule has 1 amide bonds. The summed E-state index contributed by atoms with van der Waals surface area (Å²) in [5, 5.41) is 5.17. The largest absolute Gasteiger partial charge is 0.344 e. The van der Waals surface area contributed by atoms with Crippen molar-refractivity contribution < 1.29 is 9.18 Å². The fourth-order valence-corrected chi connectivity index (χ4v) is 3.05. The van der Waals surface area contributed by atoms with Gasteiger partial charge in [0.25, 0.3) is 5.91 Å². The van der Waals surface area contributed by atoms with Crippen LogP contribution in [-0.4, -0.2) is 5.91 Å². The lowest BCUT2D eigenvalue weighted by Crippen LogP contribution is -2.31. The van der Waals surface area contributed by atoms with Crippen molar-refractivity contribution in [2.45, 2.75) is 19.9 Å². The molecule has 0 radical (unpaired) electrons. The number of rotatable bonds is 4. The molecule has 5 heteroatoms. The second kappa shape index (κ2) is 6.37. The summed E-state index contributed by atoms with van der Waals surface area (Å²) in [5.41, 5.74) is -0.0280. The van der Waals surface area contributed by atoms with Crippen LogP contribution in [0.4, 0.5) is 4.39 Å². The predicted octanol–water partition coefficient (Wildman–Crippen LogP) is 4.67. The normalized spacial score (nSPS) is 12.4. The summed E-state index contributed by atoms with van der Waals surface area (Å²) < 4.78 is 13.7. The van der Waals surface area contributed by atoms with Crippen LogP contribution in [0.3, 0.4) is 0 Å². The molecule has 2 aromatic rings. The summed E-state index contributed by atoms with van der Waals surface area (Å²) >= 11 is 7.38. The first-order valence-electron chi connectivity index (χ1n) is 6.28. The predicted molar refractivity (Wildman–Crippen MR) is 80.8 cm³/mol. The van der Waals surface area contributed by atoms with Gasteiger partial charge in [0.05, 0.1) is 11.6 Å². The van der Waals surface area contributed by atoms with Gasteiger partial charge in [-0.05, 0) is 35.6 Å². The quantitative estimate of drug-likeness (QED) is 0.873. The molecule has 0 fully saturated rings. The van der Waals surface area contributed by atoms with E-state index in [4.69, 9.17) is 11.6 Å². The van der Waals surface area contributed by atoms with Crippen LogP contribution >= 0.6 is 22.9 Å². The summed E-state index contributed by atoms with van der Waals surface area (Å²) in [4.78, 5) is 13.3. The van der Waals surface area contributed by atoms with Gasteiger partial charge < -0.3 is 5.32 Å². The van der Waals surface area contributed by atoms with Gasteiger partial charge in [-0.15, -0.1) is 11.3 Å². The van der Waals surface area contributed by atoms with Crippen molar-refractivity contribution in [3.8, 4) is 0 Å². The van der Waals surface area contributed by atoms with E-state index in [0.29, 0.717) is 5.02 Å². The number of thiophene rings is 1. The lowest BCUT2D eigenvalue weighted by atomic mass is 10.0. The number of carbonyl (C=O) groups excluding carboxylic acids is 1. The number of amides is 1. The highest BCUT2D eigenvalue weighted by atomic mass is 35.5. The Kier molecular flexibility index (Phi) is 4.78. The average molecular weight is 312 g/mol. The van der Waals surface area contributed by atoms with E-state index in [0.717, 1.165) is 4.88 Å². The zero-order valence-electron chi connectivity index (χ0n) is 11.2. The maximum absolute atomic E-state index is 13.7. The molecule has 1 atom stereocenters. The Balaban J connectivity index is 2.23. The molecular formula is C15H15ClFNOS. The molecule has 1 aromatic carbocycles. The van der Waals surface area contributed by atoms with Crippen molar-refractivity contribution in [2.75, 3.05) is 0 Å². The second-order valence-corrected chi connectivity index (χ2v) is 6.25. The number of nitrogens with one attached hydrogen (secondary N) is 1. The molecule has 20 heavy (non-hydrogen) atoms. The number of halogens is 2. The number of hydrogen-bond acceptors (Lipinski definition) is 2. The van der Waals surface area contributed by atoms with Gasteiger partial charge >= 0.3 is 0 Å². The van der Waals surface area contributed by atoms with E-state index in [-0.39, 0.29) is 17.5 Å². The highest BCUT2D eigenvalue weighted by Crippen LogP contribution is 2.26. The topological polar surface area (TPSA) is 29.1 Å². The molecule has 1 N–H and O–H groups in total. The summed E-state index contributed by atoms with van der Waals surface area (Å²) in [6, 6.07) is 7.73. The van der Waals surface area contributed by atoms with E-state index in [1.54, 1.807) is 11.3 Å². The van der Waals surface area contributed by atoms with Gasteiger partial charge in [0.2, 0.25) is 0 Å². The Bertz CT molecular complexity index is 598. The third kappa shape index (κ3) is 3.38. The summed E-state index contributed by atoms with van der Waals surface area (Å²) in [5.74, 6) is -0.808. The standard InChI is InChI=1S/C15H15ClFNOS/c1-9(2)14(13-4-3-7-20-13)18-15(19)11-8-10(16)5-6-12(11)17/h3-9,14H,1-2H3,(H,18,19). The molecule has 2 nitrogen and oxygen atoms in total. The van der Waals surface area contributed by atoms with Crippen molar-refractivity contribution in [3.63, 3.8) is 0 Å². The minimum atomic E-state index is -0.569. The highest BCUT2D eigenvalue weighted by Gasteiger charge is 2.21. The van der Waals surface area contributed by atoms with E-state index in [1.807, 2.05) is 31.4 Å². The zero-order valence-corrected chi connectivity index (χ0v) is 12.8. The summed E-state index contributed by atoms with van der Waals surface area (Å²) in [6.07, 6.45) is 0. The van der Waals surface area contributed by atoms with Gasteiger partial charge in [0.1, 0.15) is 5.82 Å². The van der Waals surface area contributed by atoms with Gasteiger partial charge in [-0.3, -0.25) is 4.79 Å². The zero-order chi connectivity index (χ0) is 14.7. The Morgan fingerprint density at radius 1 is 1.35 bits per heavy atom. The Morgan fingerprint density at radius 3 is 2.70 bits per heavy atom. The van der Waals surface area contributed by atoms with Crippen LogP contribution in [0.15, 0.2) is 35.7 Å². The Morgan fingerprint density at radius 2 is 2.10 bits per heavy atom. The van der Waals surface area contributed by atoms with Gasteiger partial charge in [0, 0.05) is 9.90 Å². The van der Waals surface area contributed by atoms with E-state index < -0.39 is 11.7 Å². The first-order chi connectivity index (χ1) is 9.49. The van der Waals surface area contributed by atoms with E-state index in [2.05, 4.69) is 5.32 Å². The molecule has 0 saturated heterocycles. The minimum Gasteiger partial charge on any atom is -0.344 e. The lowest BCUT2D eigenvalue weighted by molar-refractivity contribution is 0.0922. The Hall–Kier alpha value is -1.39. The molecule has 1 heterocycles. The van der Waals surface area contributed by atoms with Gasteiger partial charge in [-0.25, -0.2) is 4.39 Å². The van der Waals surface area contributed by atoms with Crippen molar-refractivity contribution in [2.24, 2.45) is 5.92 Å². The molecular weight excluding hydrogens is 297 g/mol. The van der Waals surface area contributed by atoms with E-state index in [1.165, 1.54) is 18.2 Å². The third-order valence-electron chi connectivity index (χ3n) is 2.98. The molecule has 0 aliphatic carbocycles. The monoisotopic (exact) mass is 311 g/mol. The van der Waals surface area contributed by atoms with Gasteiger partial charge in [-0.2, -0.15) is 0 Å². The lowest BCUT2D eigenvalue weighted by Gasteiger charge is -2.21. The number of carbonyl (C=O) groups is 1. The van der Waals surface area contributed by atoms with E-state index in [9.17, 15) is 9.18 Å². The molecule has 0 aliphatic heterocycles. The number of benzene rings is 1. The van der Waals surface area contributed by atoms with Crippen LogP contribution in [0.1, 0.15) is 35.1 Å². The van der Waals surface area contributed by atoms with Gasteiger partial charge in [-0.1, -0.05) is 31.5 Å². The average Bonchev–Trinajstić information content (AvgIpc) is 2.91. The molecule has 2 rings (SSSR count). The number of hydrogen-bond donors (Lipinski definition) is 1. The fraction of sp³-hybridized carbons (Fsp3) is 0.267. The van der Waals surface area contributed by atoms with Crippen LogP contribution in [0.2, 0.25) is 5.02 Å².